The zero-order valence-electron chi connectivity index (χ0n) is 13.0. The highest BCUT2D eigenvalue weighted by Crippen LogP contribution is 2.24. The second kappa shape index (κ2) is 6.88. The van der Waals surface area contributed by atoms with Gasteiger partial charge in [0.05, 0.1) is 16.7 Å². The van der Waals surface area contributed by atoms with Crippen LogP contribution in [0.25, 0.3) is 0 Å². The normalized spacial score (nSPS) is 13.1. The Hall–Kier alpha value is -2.60. The molecule has 24 heavy (non-hydrogen) atoms. The number of rotatable bonds is 5. The number of hydrogen-bond donors (Lipinski definition) is 0. The first-order valence-electron chi connectivity index (χ1n) is 7.49. The van der Waals surface area contributed by atoms with Gasteiger partial charge in [0.25, 0.3) is 11.8 Å². The number of hydrogen-bond acceptors (Lipinski definition) is 5. The third kappa shape index (κ3) is 2.92. The Labute approximate surface area is 143 Å². The van der Waals surface area contributed by atoms with Gasteiger partial charge < -0.3 is 4.84 Å². The number of thioether (sulfide) groups is 1. The Morgan fingerprint density at radius 1 is 1.00 bits per heavy atom. The highest BCUT2D eigenvalue weighted by atomic mass is 32.2. The lowest BCUT2D eigenvalue weighted by atomic mass is 10.1. The summed E-state index contributed by atoms with van der Waals surface area (Å²) in [5.74, 6) is -0.378. The zero-order valence-corrected chi connectivity index (χ0v) is 13.8. The van der Waals surface area contributed by atoms with Crippen molar-refractivity contribution < 1.29 is 19.2 Å². The van der Waals surface area contributed by atoms with Crippen molar-refractivity contribution in [2.45, 2.75) is 12.7 Å². The van der Waals surface area contributed by atoms with E-state index in [0.717, 1.165) is 11.3 Å². The summed E-state index contributed by atoms with van der Waals surface area (Å²) in [6, 6.07) is 13.4. The van der Waals surface area contributed by atoms with Gasteiger partial charge in [-0.05, 0) is 29.5 Å². The Bertz CT molecular complexity index is 783. The van der Waals surface area contributed by atoms with Gasteiger partial charge in [-0.15, -0.1) is 0 Å². The van der Waals surface area contributed by atoms with Crippen molar-refractivity contribution in [3.63, 3.8) is 0 Å². The maximum Gasteiger partial charge on any atom is 0.364 e. The van der Waals surface area contributed by atoms with Crippen molar-refractivity contribution in [1.82, 2.24) is 5.06 Å². The minimum absolute atomic E-state index is 0.241. The summed E-state index contributed by atoms with van der Waals surface area (Å²) in [4.78, 5) is 42.1. The van der Waals surface area contributed by atoms with Gasteiger partial charge >= 0.3 is 5.97 Å². The van der Waals surface area contributed by atoms with E-state index in [1.165, 1.54) is 12.1 Å². The number of benzene rings is 2. The predicted molar refractivity (Wildman–Crippen MR) is 90.6 cm³/mol. The largest absolute Gasteiger partial charge is 0.364 e. The molecule has 0 radical (unpaired) electrons. The number of carbonyl (C=O) groups excluding carboxylic acids is 3. The van der Waals surface area contributed by atoms with Gasteiger partial charge in [0.1, 0.15) is 0 Å². The molecule has 1 heterocycles. The van der Waals surface area contributed by atoms with Crippen LogP contribution in [0, 0.1) is 0 Å². The van der Waals surface area contributed by atoms with Gasteiger partial charge in [0.2, 0.25) is 0 Å². The van der Waals surface area contributed by atoms with Crippen LogP contribution in [0.5, 0.6) is 0 Å². The van der Waals surface area contributed by atoms with Crippen molar-refractivity contribution in [1.29, 1.82) is 0 Å². The summed E-state index contributed by atoms with van der Waals surface area (Å²) in [5.41, 5.74) is 1.65. The Kier molecular flexibility index (Phi) is 4.66. The van der Waals surface area contributed by atoms with Crippen molar-refractivity contribution in [2.75, 3.05) is 5.75 Å². The van der Waals surface area contributed by atoms with Crippen LogP contribution in [-0.2, 0) is 10.6 Å². The van der Waals surface area contributed by atoms with E-state index in [0.29, 0.717) is 16.4 Å². The number of amides is 2. The second-order valence-electron chi connectivity index (χ2n) is 5.12. The van der Waals surface area contributed by atoms with E-state index in [1.807, 2.05) is 19.1 Å². The molecule has 0 aromatic heterocycles. The van der Waals surface area contributed by atoms with Crippen LogP contribution in [0.4, 0.5) is 0 Å². The van der Waals surface area contributed by atoms with E-state index >= 15 is 0 Å². The van der Waals surface area contributed by atoms with Crippen molar-refractivity contribution in [3.05, 3.63) is 70.8 Å². The number of nitrogens with zero attached hydrogens (tertiary/aromatic N) is 1. The van der Waals surface area contributed by atoms with E-state index in [2.05, 4.69) is 0 Å². The SMILES string of the molecule is CCSCc1ccccc1C(=O)ON1C(=O)c2ccccc2C1=O. The summed E-state index contributed by atoms with van der Waals surface area (Å²) in [6.45, 7) is 2.03. The molecule has 2 aromatic carbocycles. The molecule has 5 nitrogen and oxygen atoms in total. The minimum atomic E-state index is -0.711. The van der Waals surface area contributed by atoms with E-state index in [9.17, 15) is 14.4 Å². The Balaban J connectivity index is 1.82. The third-order valence-corrected chi connectivity index (χ3v) is 4.55. The van der Waals surface area contributed by atoms with Gasteiger partial charge in [-0.1, -0.05) is 42.3 Å². The molecule has 1 aliphatic rings. The molecule has 0 saturated heterocycles. The number of imide groups is 1. The molecular formula is C18H15NO4S. The molecule has 0 bridgehead atoms. The van der Waals surface area contributed by atoms with Crippen LogP contribution in [0.3, 0.4) is 0 Å². The summed E-state index contributed by atoms with van der Waals surface area (Å²) in [5, 5.41) is 0.538. The van der Waals surface area contributed by atoms with Crippen molar-refractivity contribution in [3.8, 4) is 0 Å². The van der Waals surface area contributed by atoms with E-state index < -0.39 is 17.8 Å². The van der Waals surface area contributed by atoms with Crippen LogP contribution in [0.15, 0.2) is 48.5 Å². The quantitative estimate of drug-likeness (QED) is 0.781. The molecule has 0 spiro atoms. The molecule has 6 heteroatoms. The highest BCUT2D eigenvalue weighted by Gasteiger charge is 2.38. The monoisotopic (exact) mass is 341 g/mol. The average Bonchev–Trinajstić information content (AvgIpc) is 2.85. The Morgan fingerprint density at radius 2 is 1.58 bits per heavy atom. The number of hydroxylamine groups is 2. The highest BCUT2D eigenvalue weighted by molar-refractivity contribution is 7.98. The predicted octanol–water partition coefficient (Wildman–Crippen LogP) is 3.31. The molecule has 0 atom stereocenters. The molecule has 1 aliphatic heterocycles. The lowest BCUT2D eigenvalue weighted by Crippen LogP contribution is -2.33. The van der Waals surface area contributed by atoms with Crippen LogP contribution in [-0.4, -0.2) is 28.6 Å². The first-order valence-corrected chi connectivity index (χ1v) is 8.64. The first kappa shape index (κ1) is 16.3. The molecule has 0 aliphatic carbocycles. The lowest BCUT2D eigenvalue weighted by Gasteiger charge is -2.14. The fourth-order valence-corrected chi connectivity index (χ4v) is 3.12. The summed E-state index contributed by atoms with van der Waals surface area (Å²) in [6.07, 6.45) is 0. The maximum absolute atomic E-state index is 12.4. The van der Waals surface area contributed by atoms with Crippen LogP contribution in [0.2, 0.25) is 0 Å². The van der Waals surface area contributed by atoms with Crippen LogP contribution in [0.1, 0.15) is 43.6 Å². The molecule has 122 valence electrons. The molecule has 0 saturated carbocycles. The molecule has 3 rings (SSSR count). The van der Waals surface area contributed by atoms with Gasteiger partial charge in [-0.25, -0.2) is 4.79 Å². The maximum atomic E-state index is 12.4. The lowest BCUT2D eigenvalue weighted by molar-refractivity contribution is -0.0585. The Morgan fingerprint density at radius 3 is 2.21 bits per heavy atom. The number of fused-ring (bicyclic) bond motifs is 1. The summed E-state index contributed by atoms with van der Waals surface area (Å²) in [7, 11) is 0. The van der Waals surface area contributed by atoms with Gasteiger partial charge in [0.15, 0.2) is 0 Å². The zero-order chi connectivity index (χ0) is 17.1. The smallest absolute Gasteiger partial charge is 0.324 e. The van der Waals surface area contributed by atoms with E-state index in [-0.39, 0.29) is 11.1 Å². The van der Waals surface area contributed by atoms with Crippen LogP contribution >= 0.6 is 11.8 Å². The fourth-order valence-electron chi connectivity index (χ4n) is 2.44. The van der Waals surface area contributed by atoms with Crippen molar-refractivity contribution >= 4 is 29.5 Å². The summed E-state index contributed by atoms with van der Waals surface area (Å²) >= 11 is 1.67. The minimum Gasteiger partial charge on any atom is -0.324 e. The third-order valence-electron chi connectivity index (χ3n) is 3.63. The molecule has 0 N–H and O–H groups in total. The van der Waals surface area contributed by atoms with Crippen molar-refractivity contribution in [2.24, 2.45) is 0 Å². The molecular weight excluding hydrogens is 326 g/mol. The molecule has 2 amide bonds. The number of carbonyl (C=O) groups is 3. The van der Waals surface area contributed by atoms with Gasteiger partial charge in [-0.3, -0.25) is 9.59 Å². The average molecular weight is 341 g/mol. The standard InChI is InChI=1S/C18H15NO4S/c1-2-24-11-12-7-3-4-8-13(12)18(22)23-19-16(20)14-9-5-6-10-15(14)17(19)21/h3-10H,2,11H2,1H3. The summed E-state index contributed by atoms with van der Waals surface area (Å²) < 4.78 is 0. The topological polar surface area (TPSA) is 63.7 Å². The van der Waals surface area contributed by atoms with Gasteiger partial charge in [-0.2, -0.15) is 11.8 Å². The van der Waals surface area contributed by atoms with E-state index in [1.54, 1.807) is 36.0 Å². The van der Waals surface area contributed by atoms with Gasteiger partial charge in [0, 0.05) is 5.75 Å². The molecule has 0 fully saturated rings. The van der Waals surface area contributed by atoms with E-state index in [4.69, 9.17) is 4.84 Å². The molecule has 2 aromatic rings. The fraction of sp³-hybridized carbons (Fsp3) is 0.167. The second-order valence-corrected chi connectivity index (χ2v) is 6.40. The molecule has 0 unspecified atom stereocenters. The van der Waals surface area contributed by atoms with Crippen LogP contribution < -0.4 is 0 Å². The first-order chi connectivity index (χ1) is 11.6.